The molecule has 0 aliphatic carbocycles. The van der Waals surface area contributed by atoms with Crippen molar-refractivity contribution in [1.82, 2.24) is 14.5 Å². The van der Waals surface area contributed by atoms with Gasteiger partial charge in [-0.05, 0) is 49.6 Å². The van der Waals surface area contributed by atoms with E-state index in [4.69, 9.17) is 0 Å². The van der Waals surface area contributed by atoms with E-state index in [-0.39, 0.29) is 13.1 Å². The highest BCUT2D eigenvalue weighted by Gasteiger charge is 2.40. The van der Waals surface area contributed by atoms with E-state index in [1.165, 1.54) is 0 Å². The molecule has 1 aromatic carbocycles. The third-order valence-electron chi connectivity index (χ3n) is 5.36. The van der Waals surface area contributed by atoms with E-state index in [0.717, 1.165) is 51.9 Å². The van der Waals surface area contributed by atoms with Crippen LogP contribution in [0.4, 0.5) is 13.2 Å². The molecule has 0 saturated heterocycles. The predicted molar refractivity (Wildman–Crippen MR) is 99.5 cm³/mol. The molecular weight excluding hydrogens is 351 g/mol. The highest BCUT2D eigenvalue weighted by Crippen LogP contribution is 2.35. The van der Waals surface area contributed by atoms with Crippen LogP contribution in [0, 0.1) is 13.8 Å². The molecule has 2 aromatic heterocycles. The number of hydrogen-bond donors (Lipinski definition) is 0. The molecule has 4 rings (SSSR count). The van der Waals surface area contributed by atoms with Crippen LogP contribution < -0.4 is 0 Å². The quantitative estimate of drug-likeness (QED) is 0.617. The molecule has 3 heterocycles. The molecule has 0 bridgehead atoms. The maximum Gasteiger partial charge on any atom is 0.460 e. The molecule has 0 radical (unpaired) electrons. The molecule has 0 amide bonds. The molecule has 3 nitrogen and oxygen atoms in total. The molecule has 0 fully saturated rings. The first-order valence-electron chi connectivity index (χ1n) is 9.17. The van der Waals surface area contributed by atoms with E-state index >= 15 is 0 Å². The number of rotatable bonds is 3. The van der Waals surface area contributed by atoms with Crippen molar-refractivity contribution in [3.63, 3.8) is 0 Å². The Hall–Kier alpha value is -2.34. The zero-order chi connectivity index (χ0) is 19.2. The third kappa shape index (κ3) is 3.46. The molecule has 142 valence electrons. The standard InChI is InChI=1S/C21H22F3N3/c1-14-3-6-19-17(11-14)18-13-26(21(22,23)24)9-8-20(18)27(19)10-7-16-5-4-15(2)25-12-16/h3-6,11-12H,7-10,13H2,1-2H3. The van der Waals surface area contributed by atoms with Gasteiger partial charge in [-0.15, -0.1) is 0 Å². The molecule has 1 aliphatic rings. The summed E-state index contributed by atoms with van der Waals surface area (Å²) in [5, 5.41) is 0.945. The lowest BCUT2D eigenvalue weighted by Crippen LogP contribution is -2.41. The number of halogens is 3. The van der Waals surface area contributed by atoms with Crippen molar-refractivity contribution >= 4 is 10.9 Å². The van der Waals surface area contributed by atoms with Crippen molar-refractivity contribution in [3.8, 4) is 0 Å². The molecular formula is C21H22F3N3. The maximum atomic E-state index is 13.2. The summed E-state index contributed by atoms with van der Waals surface area (Å²) in [5.41, 5.74) is 6.06. The summed E-state index contributed by atoms with van der Waals surface area (Å²) in [7, 11) is 0. The zero-order valence-corrected chi connectivity index (χ0v) is 15.5. The van der Waals surface area contributed by atoms with E-state index in [2.05, 4.69) is 15.6 Å². The second-order valence-corrected chi connectivity index (χ2v) is 7.29. The lowest BCUT2D eigenvalue weighted by Gasteiger charge is -2.29. The largest absolute Gasteiger partial charge is 0.460 e. The van der Waals surface area contributed by atoms with Crippen molar-refractivity contribution in [1.29, 1.82) is 0 Å². The first-order chi connectivity index (χ1) is 12.8. The Morgan fingerprint density at radius 1 is 1.11 bits per heavy atom. The van der Waals surface area contributed by atoms with Gasteiger partial charge in [0, 0.05) is 54.5 Å². The van der Waals surface area contributed by atoms with E-state index in [0.29, 0.717) is 11.3 Å². The molecule has 0 N–H and O–H groups in total. The third-order valence-corrected chi connectivity index (χ3v) is 5.36. The SMILES string of the molecule is Cc1ccc2c(c1)c1c(n2CCc2ccc(C)nc2)CCN(C(F)(F)F)C1. The highest BCUT2D eigenvalue weighted by atomic mass is 19.4. The number of nitrogens with zero attached hydrogens (tertiary/aromatic N) is 3. The fraction of sp³-hybridized carbons (Fsp3) is 0.381. The smallest absolute Gasteiger partial charge is 0.344 e. The summed E-state index contributed by atoms with van der Waals surface area (Å²) >= 11 is 0. The fourth-order valence-electron chi connectivity index (χ4n) is 3.92. The number of hydrogen-bond acceptors (Lipinski definition) is 2. The molecule has 1 aliphatic heterocycles. The van der Waals surface area contributed by atoms with E-state index in [1.54, 1.807) is 0 Å². The second kappa shape index (κ2) is 6.68. The normalized spacial score (nSPS) is 15.3. The molecule has 3 aromatic rings. The summed E-state index contributed by atoms with van der Waals surface area (Å²) in [5.74, 6) is 0. The van der Waals surface area contributed by atoms with E-state index in [1.807, 2.05) is 44.3 Å². The van der Waals surface area contributed by atoms with Crippen LogP contribution in [0.3, 0.4) is 0 Å². The summed E-state index contributed by atoms with van der Waals surface area (Å²) in [6.07, 6.45) is -1.19. The summed E-state index contributed by atoms with van der Waals surface area (Å²) < 4.78 is 41.9. The number of fused-ring (bicyclic) bond motifs is 3. The van der Waals surface area contributed by atoms with Crippen LogP contribution in [0.5, 0.6) is 0 Å². The highest BCUT2D eigenvalue weighted by molar-refractivity contribution is 5.86. The van der Waals surface area contributed by atoms with Gasteiger partial charge in [-0.1, -0.05) is 17.7 Å². The average molecular weight is 373 g/mol. The number of aromatic nitrogens is 2. The Kier molecular flexibility index (Phi) is 4.46. The first-order valence-corrected chi connectivity index (χ1v) is 9.17. The monoisotopic (exact) mass is 373 g/mol. The number of aryl methyl sites for hydroxylation is 4. The Bertz CT molecular complexity index is 971. The van der Waals surface area contributed by atoms with Gasteiger partial charge in [-0.25, -0.2) is 4.90 Å². The Morgan fingerprint density at radius 2 is 1.93 bits per heavy atom. The summed E-state index contributed by atoms with van der Waals surface area (Å²) in [6, 6.07) is 10.1. The van der Waals surface area contributed by atoms with Crippen molar-refractivity contribution in [2.24, 2.45) is 0 Å². The number of benzene rings is 1. The van der Waals surface area contributed by atoms with E-state index in [9.17, 15) is 13.2 Å². The Labute approximate surface area is 156 Å². The van der Waals surface area contributed by atoms with Gasteiger partial charge in [0.2, 0.25) is 0 Å². The van der Waals surface area contributed by atoms with Gasteiger partial charge in [-0.3, -0.25) is 4.98 Å². The van der Waals surface area contributed by atoms with Crippen LogP contribution in [-0.4, -0.2) is 27.3 Å². The van der Waals surface area contributed by atoms with Gasteiger partial charge in [0.15, 0.2) is 0 Å². The predicted octanol–water partition coefficient (Wildman–Crippen LogP) is 4.77. The van der Waals surface area contributed by atoms with E-state index < -0.39 is 6.30 Å². The van der Waals surface area contributed by atoms with Crippen molar-refractivity contribution in [2.75, 3.05) is 6.54 Å². The molecule has 0 unspecified atom stereocenters. The van der Waals surface area contributed by atoms with Crippen molar-refractivity contribution in [2.45, 2.75) is 46.1 Å². The van der Waals surface area contributed by atoms with Gasteiger partial charge in [0.05, 0.1) is 0 Å². The minimum atomic E-state index is -4.29. The van der Waals surface area contributed by atoms with Crippen LogP contribution in [0.1, 0.15) is 28.1 Å². The van der Waals surface area contributed by atoms with Gasteiger partial charge >= 0.3 is 6.30 Å². The molecule has 27 heavy (non-hydrogen) atoms. The second-order valence-electron chi connectivity index (χ2n) is 7.29. The molecule has 0 atom stereocenters. The number of pyridine rings is 1. The van der Waals surface area contributed by atoms with Crippen LogP contribution in [0.2, 0.25) is 0 Å². The minimum absolute atomic E-state index is 0.0118. The maximum absolute atomic E-state index is 13.2. The zero-order valence-electron chi connectivity index (χ0n) is 15.5. The van der Waals surface area contributed by atoms with Crippen LogP contribution in [0.25, 0.3) is 10.9 Å². The Balaban J connectivity index is 1.72. The first kappa shape index (κ1) is 18.0. The topological polar surface area (TPSA) is 21.1 Å². The van der Waals surface area contributed by atoms with Crippen molar-refractivity contribution < 1.29 is 13.2 Å². The summed E-state index contributed by atoms with van der Waals surface area (Å²) in [6.45, 7) is 4.61. The molecule has 6 heteroatoms. The summed E-state index contributed by atoms with van der Waals surface area (Å²) in [4.78, 5) is 4.95. The van der Waals surface area contributed by atoms with Crippen LogP contribution in [-0.2, 0) is 25.9 Å². The van der Waals surface area contributed by atoms with Gasteiger partial charge in [0.25, 0.3) is 0 Å². The van der Waals surface area contributed by atoms with Crippen LogP contribution in [0.15, 0.2) is 36.5 Å². The van der Waals surface area contributed by atoms with Gasteiger partial charge in [-0.2, -0.15) is 13.2 Å². The Morgan fingerprint density at radius 3 is 2.63 bits per heavy atom. The van der Waals surface area contributed by atoms with Gasteiger partial charge in [0.1, 0.15) is 0 Å². The molecule has 0 spiro atoms. The van der Waals surface area contributed by atoms with Crippen molar-refractivity contribution in [3.05, 3.63) is 64.6 Å². The lowest BCUT2D eigenvalue weighted by atomic mass is 10.0. The van der Waals surface area contributed by atoms with Crippen LogP contribution >= 0.6 is 0 Å². The van der Waals surface area contributed by atoms with Gasteiger partial charge < -0.3 is 4.57 Å². The molecule has 0 saturated carbocycles. The fourth-order valence-corrected chi connectivity index (χ4v) is 3.92. The minimum Gasteiger partial charge on any atom is -0.344 e. The number of alkyl halides is 3. The lowest BCUT2D eigenvalue weighted by molar-refractivity contribution is -0.250. The average Bonchev–Trinajstić information content (AvgIpc) is 2.93.